The Balaban J connectivity index is 2.55. The van der Waals surface area contributed by atoms with Crippen molar-refractivity contribution in [3.63, 3.8) is 0 Å². The largest absolute Gasteiger partial charge is 0.313 e. The topological polar surface area (TPSA) is 67.8 Å². The standard InChI is InChI=1S/C8H6N4O/c13-5-11-7-2-1-6-3-9-4-10-8(6)12-7/h1-5H,(H,9,10,11,12,13). The Morgan fingerprint density at radius 1 is 1.38 bits per heavy atom. The molecule has 13 heavy (non-hydrogen) atoms. The van der Waals surface area contributed by atoms with E-state index in [2.05, 4.69) is 20.3 Å². The van der Waals surface area contributed by atoms with Crippen LogP contribution in [-0.2, 0) is 4.79 Å². The summed E-state index contributed by atoms with van der Waals surface area (Å²) in [5.41, 5.74) is 0.571. The van der Waals surface area contributed by atoms with E-state index in [1.54, 1.807) is 18.3 Å². The van der Waals surface area contributed by atoms with E-state index in [0.717, 1.165) is 5.39 Å². The molecule has 5 nitrogen and oxygen atoms in total. The zero-order chi connectivity index (χ0) is 9.10. The van der Waals surface area contributed by atoms with Crippen LogP contribution in [0, 0.1) is 0 Å². The summed E-state index contributed by atoms with van der Waals surface area (Å²) in [5.74, 6) is 0.487. The van der Waals surface area contributed by atoms with Gasteiger partial charge in [0.05, 0.1) is 0 Å². The Morgan fingerprint density at radius 2 is 2.31 bits per heavy atom. The quantitative estimate of drug-likeness (QED) is 0.676. The smallest absolute Gasteiger partial charge is 0.212 e. The molecule has 2 rings (SSSR count). The highest BCUT2D eigenvalue weighted by Crippen LogP contribution is 2.10. The monoisotopic (exact) mass is 174 g/mol. The number of nitrogens with one attached hydrogen (secondary N) is 1. The zero-order valence-corrected chi connectivity index (χ0v) is 6.64. The van der Waals surface area contributed by atoms with E-state index in [4.69, 9.17) is 0 Å². The average molecular weight is 174 g/mol. The van der Waals surface area contributed by atoms with Crippen LogP contribution in [0.25, 0.3) is 11.0 Å². The van der Waals surface area contributed by atoms with Crippen LogP contribution in [0.15, 0.2) is 24.7 Å². The zero-order valence-electron chi connectivity index (χ0n) is 6.64. The van der Waals surface area contributed by atoms with Crippen molar-refractivity contribution >= 4 is 23.3 Å². The van der Waals surface area contributed by atoms with E-state index in [1.807, 2.05) is 0 Å². The van der Waals surface area contributed by atoms with Crippen LogP contribution in [0.3, 0.4) is 0 Å². The van der Waals surface area contributed by atoms with Crippen LogP contribution >= 0.6 is 0 Å². The molecule has 2 aromatic rings. The molecule has 0 unspecified atom stereocenters. The number of anilines is 1. The number of hydrogen-bond acceptors (Lipinski definition) is 4. The second-order valence-electron chi connectivity index (χ2n) is 2.39. The Bertz CT molecular complexity index is 443. The van der Waals surface area contributed by atoms with Gasteiger partial charge in [0.2, 0.25) is 6.41 Å². The van der Waals surface area contributed by atoms with E-state index in [0.29, 0.717) is 17.9 Å². The first-order valence-electron chi connectivity index (χ1n) is 3.67. The maximum absolute atomic E-state index is 10.1. The van der Waals surface area contributed by atoms with Crippen molar-refractivity contribution in [2.24, 2.45) is 0 Å². The SMILES string of the molecule is O=CNc1ccc2cncnc2n1. The molecule has 0 radical (unpaired) electrons. The van der Waals surface area contributed by atoms with Crippen molar-refractivity contribution in [3.05, 3.63) is 24.7 Å². The molecule has 0 aliphatic heterocycles. The lowest BCUT2D eigenvalue weighted by molar-refractivity contribution is -0.105. The molecule has 0 saturated heterocycles. The van der Waals surface area contributed by atoms with Crippen molar-refractivity contribution in [2.45, 2.75) is 0 Å². The van der Waals surface area contributed by atoms with Gasteiger partial charge in [-0.25, -0.2) is 15.0 Å². The van der Waals surface area contributed by atoms with E-state index < -0.39 is 0 Å². The summed E-state index contributed by atoms with van der Waals surface area (Å²) in [6.07, 6.45) is 3.66. The summed E-state index contributed by atoms with van der Waals surface area (Å²) < 4.78 is 0. The number of hydrogen-bond donors (Lipinski definition) is 1. The molecule has 0 atom stereocenters. The maximum atomic E-state index is 10.1. The fourth-order valence-corrected chi connectivity index (χ4v) is 1.01. The second kappa shape index (κ2) is 3.14. The summed E-state index contributed by atoms with van der Waals surface area (Å²) in [4.78, 5) is 22.0. The first kappa shape index (κ1) is 7.60. The van der Waals surface area contributed by atoms with Crippen LogP contribution in [-0.4, -0.2) is 21.4 Å². The van der Waals surface area contributed by atoms with Gasteiger partial charge in [0.25, 0.3) is 0 Å². The molecule has 0 saturated carbocycles. The number of amides is 1. The molecular weight excluding hydrogens is 168 g/mol. The van der Waals surface area contributed by atoms with Crippen molar-refractivity contribution in [1.82, 2.24) is 15.0 Å². The minimum atomic E-state index is 0.487. The van der Waals surface area contributed by atoms with Gasteiger partial charge < -0.3 is 5.32 Å². The molecule has 1 amide bonds. The third kappa shape index (κ3) is 1.44. The summed E-state index contributed by atoms with van der Waals surface area (Å²) in [6.45, 7) is 0. The highest BCUT2D eigenvalue weighted by molar-refractivity contribution is 5.78. The summed E-state index contributed by atoms with van der Waals surface area (Å²) in [6, 6.07) is 3.49. The van der Waals surface area contributed by atoms with Gasteiger partial charge in [0.15, 0.2) is 5.65 Å². The van der Waals surface area contributed by atoms with Gasteiger partial charge >= 0.3 is 0 Å². The minimum absolute atomic E-state index is 0.487. The molecule has 2 heterocycles. The Hall–Kier alpha value is -2.04. The van der Waals surface area contributed by atoms with E-state index in [-0.39, 0.29) is 0 Å². The van der Waals surface area contributed by atoms with Crippen LogP contribution in [0.4, 0.5) is 5.82 Å². The molecule has 0 aliphatic rings. The van der Waals surface area contributed by atoms with Crippen molar-refractivity contribution < 1.29 is 4.79 Å². The van der Waals surface area contributed by atoms with Gasteiger partial charge in [-0.05, 0) is 12.1 Å². The summed E-state index contributed by atoms with van der Waals surface area (Å²) in [7, 11) is 0. The lowest BCUT2D eigenvalue weighted by Gasteiger charge is -1.98. The molecule has 2 aromatic heterocycles. The summed E-state index contributed by atoms with van der Waals surface area (Å²) in [5, 5.41) is 3.29. The van der Waals surface area contributed by atoms with Gasteiger partial charge in [-0.15, -0.1) is 0 Å². The van der Waals surface area contributed by atoms with Crippen LogP contribution < -0.4 is 5.32 Å². The first-order chi connectivity index (χ1) is 6.40. The van der Waals surface area contributed by atoms with Crippen LogP contribution in [0.1, 0.15) is 0 Å². The molecule has 5 heteroatoms. The Kier molecular flexibility index (Phi) is 1.84. The van der Waals surface area contributed by atoms with Gasteiger partial charge in [-0.3, -0.25) is 4.79 Å². The van der Waals surface area contributed by atoms with E-state index in [1.165, 1.54) is 6.33 Å². The number of nitrogens with zero attached hydrogens (tertiary/aromatic N) is 3. The van der Waals surface area contributed by atoms with Gasteiger partial charge in [-0.2, -0.15) is 0 Å². The predicted molar refractivity (Wildman–Crippen MR) is 47.0 cm³/mol. The van der Waals surface area contributed by atoms with Gasteiger partial charge in [0.1, 0.15) is 12.1 Å². The molecule has 64 valence electrons. The highest BCUT2D eigenvalue weighted by Gasteiger charge is 1.96. The van der Waals surface area contributed by atoms with Crippen molar-refractivity contribution in [3.8, 4) is 0 Å². The third-order valence-electron chi connectivity index (χ3n) is 1.57. The number of carbonyl (C=O) groups excluding carboxylic acids is 1. The van der Waals surface area contributed by atoms with E-state index >= 15 is 0 Å². The number of fused-ring (bicyclic) bond motifs is 1. The van der Waals surface area contributed by atoms with Crippen molar-refractivity contribution in [1.29, 1.82) is 0 Å². The Morgan fingerprint density at radius 3 is 3.15 bits per heavy atom. The lowest BCUT2D eigenvalue weighted by Crippen LogP contribution is -1.97. The molecule has 0 bridgehead atoms. The highest BCUT2D eigenvalue weighted by atomic mass is 16.1. The Labute approximate surface area is 73.8 Å². The second-order valence-corrected chi connectivity index (χ2v) is 2.39. The van der Waals surface area contributed by atoms with Gasteiger partial charge in [0, 0.05) is 11.6 Å². The fourth-order valence-electron chi connectivity index (χ4n) is 1.01. The number of aromatic nitrogens is 3. The molecule has 0 aliphatic carbocycles. The number of pyridine rings is 1. The maximum Gasteiger partial charge on any atom is 0.212 e. The average Bonchev–Trinajstić information content (AvgIpc) is 2.18. The van der Waals surface area contributed by atoms with Crippen molar-refractivity contribution in [2.75, 3.05) is 5.32 Å². The molecule has 0 spiro atoms. The predicted octanol–water partition coefficient (Wildman–Crippen LogP) is 0.593. The van der Waals surface area contributed by atoms with Crippen LogP contribution in [0.5, 0.6) is 0 Å². The molecule has 0 aromatic carbocycles. The van der Waals surface area contributed by atoms with Crippen LogP contribution in [0.2, 0.25) is 0 Å². The molecule has 0 fully saturated rings. The third-order valence-corrected chi connectivity index (χ3v) is 1.57. The summed E-state index contributed by atoms with van der Waals surface area (Å²) >= 11 is 0. The number of rotatable bonds is 2. The molecular formula is C8H6N4O. The lowest BCUT2D eigenvalue weighted by atomic mass is 10.3. The normalized spacial score (nSPS) is 9.85. The van der Waals surface area contributed by atoms with Gasteiger partial charge in [-0.1, -0.05) is 0 Å². The fraction of sp³-hybridized carbons (Fsp3) is 0. The first-order valence-corrected chi connectivity index (χ1v) is 3.67. The number of carbonyl (C=O) groups is 1. The molecule has 1 N–H and O–H groups in total. The van der Waals surface area contributed by atoms with E-state index in [9.17, 15) is 4.79 Å². The minimum Gasteiger partial charge on any atom is -0.313 e.